The van der Waals surface area contributed by atoms with E-state index in [2.05, 4.69) is 20.2 Å². The predicted octanol–water partition coefficient (Wildman–Crippen LogP) is 1.21. The Morgan fingerprint density at radius 1 is 1.32 bits per heavy atom. The van der Waals surface area contributed by atoms with Crippen LogP contribution in [0.3, 0.4) is 0 Å². The second kappa shape index (κ2) is 6.40. The van der Waals surface area contributed by atoms with Gasteiger partial charge in [0.05, 0.1) is 0 Å². The Balaban J connectivity index is 2.82. The summed E-state index contributed by atoms with van der Waals surface area (Å²) >= 11 is 0.833. The smallest absolute Gasteiger partial charge is 0.270 e. The van der Waals surface area contributed by atoms with E-state index >= 15 is 0 Å². The van der Waals surface area contributed by atoms with E-state index in [1.807, 2.05) is 6.92 Å². The molecule has 108 valence electrons. The third-order valence-electron chi connectivity index (χ3n) is 2.36. The molecule has 1 atom stereocenters. The van der Waals surface area contributed by atoms with Crippen LogP contribution in [0.4, 0.5) is 5.13 Å². The molecule has 1 aromatic heterocycles. The highest BCUT2D eigenvalue weighted by Gasteiger charge is 2.22. The van der Waals surface area contributed by atoms with E-state index in [9.17, 15) is 13.2 Å². The second-order valence-corrected chi connectivity index (χ2v) is 7.31. The summed E-state index contributed by atoms with van der Waals surface area (Å²) in [5.74, 6) is -0.433. The highest BCUT2D eigenvalue weighted by atomic mass is 32.2. The Morgan fingerprint density at radius 3 is 2.47 bits per heavy atom. The van der Waals surface area contributed by atoms with Crippen LogP contribution in [-0.4, -0.2) is 30.6 Å². The van der Waals surface area contributed by atoms with Crippen molar-refractivity contribution in [3.8, 4) is 0 Å². The summed E-state index contributed by atoms with van der Waals surface area (Å²) in [4.78, 5) is 11.5. The van der Waals surface area contributed by atoms with Crippen molar-refractivity contribution in [1.82, 2.24) is 14.9 Å². The third-order valence-corrected chi connectivity index (χ3v) is 5.16. The van der Waals surface area contributed by atoms with Crippen molar-refractivity contribution in [1.29, 1.82) is 0 Å². The van der Waals surface area contributed by atoms with Crippen LogP contribution in [0.5, 0.6) is 0 Å². The van der Waals surface area contributed by atoms with Gasteiger partial charge in [-0.15, -0.1) is 10.2 Å². The average molecular weight is 306 g/mol. The molecule has 0 aliphatic heterocycles. The molecule has 1 heterocycles. The molecular weight excluding hydrogens is 288 g/mol. The van der Waals surface area contributed by atoms with Crippen LogP contribution in [0.25, 0.3) is 0 Å². The first-order valence-electron chi connectivity index (χ1n) is 5.93. The first-order chi connectivity index (χ1) is 8.76. The van der Waals surface area contributed by atoms with Crippen molar-refractivity contribution >= 4 is 32.4 Å². The first kappa shape index (κ1) is 16.0. The van der Waals surface area contributed by atoms with Gasteiger partial charge in [0.2, 0.25) is 15.4 Å². The van der Waals surface area contributed by atoms with Gasteiger partial charge in [-0.3, -0.25) is 4.79 Å². The lowest BCUT2D eigenvalue weighted by atomic mass is 10.2. The standard InChI is InChI=1S/C10H18N4O3S2/c1-5-7(4)14-19(16,17)10-13-12-9(18-10)11-8(15)6(2)3/h6-7,14H,5H2,1-4H3,(H,11,12,15). The number of hydrogen-bond acceptors (Lipinski definition) is 6. The number of carbonyl (C=O) groups excluding carboxylic acids is 1. The number of nitrogens with one attached hydrogen (secondary N) is 2. The number of anilines is 1. The van der Waals surface area contributed by atoms with Crippen molar-refractivity contribution < 1.29 is 13.2 Å². The number of nitrogens with zero attached hydrogens (tertiary/aromatic N) is 2. The molecule has 1 aromatic rings. The Morgan fingerprint density at radius 2 is 1.95 bits per heavy atom. The lowest BCUT2D eigenvalue weighted by molar-refractivity contribution is -0.118. The Kier molecular flexibility index (Phi) is 5.39. The number of aromatic nitrogens is 2. The maximum Gasteiger partial charge on any atom is 0.270 e. The lowest BCUT2D eigenvalue weighted by Crippen LogP contribution is -2.31. The molecule has 0 bridgehead atoms. The fraction of sp³-hybridized carbons (Fsp3) is 0.700. The van der Waals surface area contributed by atoms with Crippen molar-refractivity contribution in [3.63, 3.8) is 0 Å². The zero-order valence-electron chi connectivity index (χ0n) is 11.3. The monoisotopic (exact) mass is 306 g/mol. The fourth-order valence-electron chi connectivity index (χ4n) is 1.02. The molecule has 1 unspecified atom stereocenters. The van der Waals surface area contributed by atoms with Crippen molar-refractivity contribution in [2.24, 2.45) is 5.92 Å². The van der Waals surface area contributed by atoms with Crippen LogP contribution in [0.1, 0.15) is 34.1 Å². The zero-order valence-corrected chi connectivity index (χ0v) is 12.9. The number of amides is 1. The molecule has 2 N–H and O–H groups in total. The summed E-state index contributed by atoms with van der Waals surface area (Å²) in [5, 5.41) is 9.94. The number of hydrogen-bond donors (Lipinski definition) is 2. The van der Waals surface area contributed by atoms with Crippen LogP contribution in [0.2, 0.25) is 0 Å². The zero-order chi connectivity index (χ0) is 14.6. The summed E-state index contributed by atoms with van der Waals surface area (Å²) in [7, 11) is -3.66. The molecule has 1 rings (SSSR count). The summed E-state index contributed by atoms with van der Waals surface area (Å²) < 4.78 is 26.2. The summed E-state index contributed by atoms with van der Waals surface area (Å²) in [6, 6.07) is -0.178. The Hall–Kier alpha value is -1.06. The third kappa shape index (κ3) is 4.51. The van der Waals surface area contributed by atoms with Gasteiger partial charge < -0.3 is 5.32 Å². The van der Waals surface area contributed by atoms with E-state index in [-0.39, 0.29) is 27.3 Å². The normalized spacial score (nSPS) is 13.5. The minimum absolute atomic E-state index is 0.146. The second-order valence-electron chi connectivity index (χ2n) is 4.45. The largest absolute Gasteiger partial charge is 0.300 e. The molecule has 0 aliphatic carbocycles. The summed E-state index contributed by atoms with van der Waals surface area (Å²) in [5.41, 5.74) is 0. The SMILES string of the molecule is CCC(C)NS(=O)(=O)c1nnc(NC(=O)C(C)C)s1. The van der Waals surface area contributed by atoms with Gasteiger partial charge >= 0.3 is 0 Å². The minimum atomic E-state index is -3.66. The van der Waals surface area contributed by atoms with Crippen LogP contribution >= 0.6 is 11.3 Å². The fourth-order valence-corrected chi connectivity index (χ4v) is 3.26. The maximum atomic E-state index is 11.9. The van der Waals surface area contributed by atoms with Gasteiger partial charge in [0, 0.05) is 12.0 Å². The van der Waals surface area contributed by atoms with Gasteiger partial charge in [-0.2, -0.15) is 0 Å². The molecule has 0 saturated carbocycles. The van der Waals surface area contributed by atoms with Gasteiger partial charge in [-0.25, -0.2) is 13.1 Å². The number of rotatable bonds is 6. The highest BCUT2D eigenvalue weighted by molar-refractivity contribution is 7.91. The lowest BCUT2D eigenvalue weighted by Gasteiger charge is -2.09. The van der Waals surface area contributed by atoms with E-state index < -0.39 is 10.0 Å². The molecule has 7 nitrogen and oxygen atoms in total. The average Bonchev–Trinajstić information content (AvgIpc) is 2.77. The maximum absolute atomic E-state index is 11.9. The number of sulfonamides is 1. The van der Waals surface area contributed by atoms with Crippen molar-refractivity contribution in [3.05, 3.63) is 0 Å². The van der Waals surface area contributed by atoms with E-state index in [4.69, 9.17) is 0 Å². The molecule has 19 heavy (non-hydrogen) atoms. The van der Waals surface area contributed by atoms with Gasteiger partial charge in [-0.05, 0) is 13.3 Å². The summed E-state index contributed by atoms with van der Waals surface area (Å²) in [6.07, 6.45) is 0.676. The van der Waals surface area contributed by atoms with E-state index in [0.29, 0.717) is 6.42 Å². The quantitative estimate of drug-likeness (QED) is 0.769. The molecule has 9 heteroatoms. The van der Waals surface area contributed by atoms with Gasteiger partial charge in [-0.1, -0.05) is 32.1 Å². The van der Waals surface area contributed by atoms with Crippen molar-refractivity contribution in [2.75, 3.05) is 5.32 Å². The molecule has 1 amide bonds. The van der Waals surface area contributed by atoms with E-state index in [1.54, 1.807) is 20.8 Å². The first-order valence-corrected chi connectivity index (χ1v) is 8.23. The number of carbonyl (C=O) groups is 1. The van der Waals surface area contributed by atoms with Gasteiger partial charge in [0.15, 0.2) is 0 Å². The van der Waals surface area contributed by atoms with E-state index in [1.165, 1.54) is 0 Å². The van der Waals surface area contributed by atoms with Crippen LogP contribution in [0, 0.1) is 5.92 Å². The predicted molar refractivity (Wildman–Crippen MR) is 73.5 cm³/mol. The topological polar surface area (TPSA) is 101 Å². The molecule has 0 aromatic carbocycles. The highest BCUT2D eigenvalue weighted by Crippen LogP contribution is 2.20. The van der Waals surface area contributed by atoms with Gasteiger partial charge in [0.1, 0.15) is 0 Å². The molecule has 0 fully saturated rings. The molecule has 0 spiro atoms. The van der Waals surface area contributed by atoms with Crippen molar-refractivity contribution in [2.45, 2.75) is 44.5 Å². The van der Waals surface area contributed by atoms with Gasteiger partial charge in [0.25, 0.3) is 10.0 Å². The Labute approximate surface area is 116 Å². The van der Waals surface area contributed by atoms with Crippen LogP contribution in [0.15, 0.2) is 4.34 Å². The summed E-state index contributed by atoms with van der Waals surface area (Å²) in [6.45, 7) is 7.11. The minimum Gasteiger partial charge on any atom is -0.300 e. The van der Waals surface area contributed by atoms with Crippen LogP contribution in [-0.2, 0) is 14.8 Å². The Bertz CT molecular complexity index is 539. The molecular formula is C10H18N4O3S2. The molecule has 0 aliphatic rings. The van der Waals surface area contributed by atoms with E-state index in [0.717, 1.165) is 11.3 Å². The molecule has 0 radical (unpaired) electrons. The molecule has 0 saturated heterocycles. The van der Waals surface area contributed by atoms with Crippen LogP contribution < -0.4 is 10.0 Å².